The zero-order chi connectivity index (χ0) is 9.71. The molecule has 0 N–H and O–H groups in total. The van der Waals surface area contributed by atoms with Gasteiger partial charge in [-0.05, 0) is 11.6 Å². The second kappa shape index (κ2) is 2.76. The number of anilines is 1. The highest BCUT2D eigenvalue weighted by molar-refractivity contribution is 8.00. The first kappa shape index (κ1) is 8.36. The predicted octanol–water partition coefficient (Wildman–Crippen LogP) is 2.07. The van der Waals surface area contributed by atoms with E-state index in [1.165, 1.54) is 16.1 Å². The zero-order valence-corrected chi connectivity index (χ0v) is 8.80. The Bertz CT molecular complexity index is 416. The van der Waals surface area contributed by atoms with Gasteiger partial charge in [-0.15, -0.1) is 11.8 Å². The molecule has 0 bridgehead atoms. The van der Waals surface area contributed by atoms with E-state index >= 15 is 0 Å². The van der Waals surface area contributed by atoms with Crippen molar-refractivity contribution in [1.29, 1.82) is 0 Å². The van der Waals surface area contributed by atoms with Gasteiger partial charge in [0, 0.05) is 16.7 Å². The number of amides is 1. The van der Waals surface area contributed by atoms with Crippen LogP contribution in [0.3, 0.4) is 0 Å². The van der Waals surface area contributed by atoms with Crippen LogP contribution in [-0.2, 0) is 11.2 Å². The third kappa shape index (κ3) is 1.02. The molecule has 3 heteroatoms. The summed E-state index contributed by atoms with van der Waals surface area (Å²) in [7, 11) is 0. The molecular weight excluding hydrogens is 194 g/mol. The number of nitrogens with zero attached hydrogens (tertiary/aromatic N) is 1. The molecule has 1 unspecified atom stereocenters. The lowest BCUT2D eigenvalue weighted by molar-refractivity contribution is -0.117. The van der Waals surface area contributed by atoms with Crippen LogP contribution in [0.25, 0.3) is 0 Å². The van der Waals surface area contributed by atoms with Crippen molar-refractivity contribution in [2.45, 2.75) is 23.5 Å². The summed E-state index contributed by atoms with van der Waals surface area (Å²) in [6, 6.07) is 6.23. The highest BCUT2D eigenvalue weighted by Crippen LogP contribution is 2.43. The summed E-state index contributed by atoms with van der Waals surface area (Å²) < 4.78 is 0. The number of hydrogen-bond donors (Lipinski definition) is 0. The Hall–Kier alpha value is -0.960. The van der Waals surface area contributed by atoms with Gasteiger partial charge in [-0.3, -0.25) is 4.79 Å². The minimum atomic E-state index is 0.264. The number of carbonyl (C=O) groups is 1. The van der Waals surface area contributed by atoms with Gasteiger partial charge in [-0.2, -0.15) is 0 Å². The van der Waals surface area contributed by atoms with Crippen LogP contribution in [0.5, 0.6) is 0 Å². The fourth-order valence-electron chi connectivity index (χ4n) is 2.20. The Kier molecular flexibility index (Phi) is 1.65. The normalized spacial score (nSPS) is 23.9. The van der Waals surface area contributed by atoms with Gasteiger partial charge in [0.2, 0.25) is 5.91 Å². The lowest BCUT2D eigenvalue weighted by Crippen LogP contribution is -2.35. The van der Waals surface area contributed by atoms with Gasteiger partial charge in [0.15, 0.2) is 0 Å². The molecule has 1 amide bonds. The van der Waals surface area contributed by atoms with Gasteiger partial charge >= 0.3 is 0 Å². The van der Waals surface area contributed by atoms with E-state index in [9.17, 15) is 4.79 Å². The molecular formula is C11H11NOS. The van der Waals surface area contributed by atoms with Crippen LogP contribution in [-0.4, -0.2) is 17.7 Å². The monoisotopic (exact) mass is 205 g/mol. The SMILES string of the molecule is CC1CN2C(=O)Cc3cccc(c32)S1. The summed E-state index contributed by atoms with van der Waals surface area (Å²) in [5.41, 5.74) is 2.38. The first-order chi connectivity index (χ1) is 6.75. The quantitative estimate of drug-likeness (QED) is 0.646. The number of carbonyl (C=O) groups excluding carboxylic acids is 1. The molecule has 2 aliphatic heterocycles. The molecule has 3 rings (SSSR count). The molecule has 0 spiro atoms. The first-order valence-corrected chi connectivity index (χ1v) is 5.72. The van der Waals surface area contributed by atoms with E-state index < -0.39 is 0 Å². The molecule has 1 aromatic carbocycles. The Morgan fingerprint density at radius 1 is 1.50 bits per heavy atom. The topological polar surface area (TPSA) is 20.3 Å². The predicted molar refractivity (Wildman–Crippen MR) is 57.8 cm³/mol. The van der Waals surface area contributed by atoms with Gasteiger partial charge in [-0.1, -0.05) is 19.1 Å². The van der Waals surface area contributed by atoms with E-state index in [4.69, 9.17) is 0 Å². The summed E-state index contributed by atoms with van der Waals surface area (Å²) in [6.45, 7) is 3.04. The number of hydrogen-bond acceptors (Lipinski definition) is 2. The zero-order valence-electron chi connectivity index (χ0n) is 7.99. The Balaban J connectivity index is 2.20. The van der Waals surface area contributed by atoms with Crippen LogP contribution < -0.4 is 4.90 Å². The third-order valence-corrected chi connectivity index (χ3v) is 3.90. The van der Waals surface area contributed by atoms with Crippen molar-refractivity contribution in [1.82, 2.24) is 0 Å². The smallest absolute Gasteiger partial charge is 0.231 e. The molecule has 2 heterocycles. The largest absolute Gasteiger partial charge is 0.310 e. The molecule has 0 saturated carbocycles. The fraction of sp³-hybridized carbons (Fsp3) is 0.364. The molecule has 0 saturated heterocycles. The molecule has 1 atom stereocenters. The Morgan fingerprint density at radius 3 is 3.21 bits per heavy atom. The van der Waals surface area contributed by atoms with Crippen molar-refractivity contribution in [3.8, 4) is 0 Å². The second-order valence-electron chi connectivity index (χ2n) is 3.87. The van der Waals surface area contributed by atoms with Crippen LogP contribution in [0.4, 0.5) is 5.69 Å². The third-order valence-electron chi connectivity index (χ3n) is 2.76. The van der Waals surface area contributed by atoms with E-state index in [2.05, 4.69) is 25.1 Å². The van der Waals surface area contributed by atoms with Gasteiger partial charge in [0.1, 0.15) is 0 Å². The van der Waals surface area contributed by atoms with Crippen molar-refractivity contribution < 1.29 is 4.79 Å². The van der Waals surface area contributed by atoms with Crippen LogP contribution in [0.2, 0.25) is 0 Å². The van der Waals surface area contributed by atoms with Gasteiger partial charge in [0.25, 0.3) is 0 Å². The van der Waals surface area contributed by atoms with Crippen LogP contribution in [0, 0.1) is 0 Å². The summed E-state index contributed by atoms with van der Waals surface area (Å²) in [5.74, 6) is 0.264. The lowest BCUT2D eigenvalue weighted by atomic mass is 10.2. The molecule has 0 fully saturated rings. The number of thioether (sulfide) groups is 1. The summed E-state index contributed by atoms with van der Waals surface area (Å²) in [6.07, 6.45) is 0.594. The van der Waals surface area contributed by atoms with E-state index in [1.54, 1.807) is 0 Å². The summed E-state index contributed by atoms with van der Waals surface area (Å²) in [5, 5.41) is 0.514. The van der Waals surface area contributed by atoms with Crippen LogP contribution in [0.15, 0.2) is 23.1 Å². The Morgan fingerprint density at radius 2 is 2.36 bits per heavy atom. The number of benzene rings is 1. The number of rotatable bonds is 0. The van der Waals surface area contributed by atoms with Crippen molar-refractivity contribution in [3.05, 3.63) is 23.8 Å². The van der Waals surface area contributed by atoms with Crippen molar-refractivity contribution in [2.24, 2.45) is 0 Å². The van der Waals surface area contributed by atoms with E-state index in [0.29, 0.717) is 11.7 Å². The molecule has 0 aromatic heterocycles. The number of para-hydroxylation sites is 1. The molecule has 2 aliphatic rings. The van der Waals surface area contributed by atoms with Gasteiger partial charge in [0.05, 0.1) is 12.1 Å². The maximum atomic E-state index is 11.7. The molecule has 72 valence electrons. The van der Waals surface area contributed by atoms with E-state index in [0.717, 1.165) is 6.54 Å². The molecule has 2 nitrogen and oxygen atoms in total. The van der Waals surface area contributed by atoms with Crippen LogP contribution >= 0.6 is 11.8 Å². The maximum Gasteiger partial charge on any atom is 0.231 e. The van der Waals surface area contributed by atoms with Gasteiger partial charge < -0.3 is 4.90 Å². The van der Waals surface area contributed by atoms with Crippen molar-refractivity contribution >= 4 is 23.4 Å². The first-order valence-electron chi connectivity index (χ1n) is 4.84. The Labute approximate surface area is 87.3 Å². The second-order valence-corrected chi connectivity index (χ2v) is 5.35. The minimum absolute atomic E-state index is 0.264. The minimum Gasteiger partial charge on any atom is -0.310 e. The van der Waals surface area contributed by atoms with Crippen molar-refractivity contribution in [2.75, 3.05) is 11.4 Å². The summed E-state index contributed by atoms with van der Waals surface area (Å²) in [4.78, 5) is 14.9. The van der Waals surface area contributed by atoms with Gasteiger partial charge in [-0.25, -0.2) is 0 Å². The molecule has 0 aliphatic carbocycles. The van der Waals surface area contributed by atoms with E-state index in [-0.39, 0.29) is 5.91 Å². The summed E-state index contributed by atoms with van der Waals surface area (Å²) >= 11 is 1.88. The highest BCUT2D eigenvalue weighted by atomic mass is 32.2. The van der Waals surface area contributed by atoms with E-state index in [1.807, 2.05) is 16.7 Å². The van der Waals surface area contributed by atoms with Crippen LogP contribution in [0.1, 0.15) is 12.5 Å². The molecule has 14 heavy (non-hydrogen) atoms. The highest BCUT2D eigenvalue weighted by Gasteiger charge is 2.34. The standard InChI is InChI=1S/C11H11NOS/c1-7-6-12-10(13)5-8-3-2-4-9(14-7)11(8)12/h2-4,7H,5-6H2,1H3. The maximum absolute atomic E-state index is 11.7. The molecule has 1 aromatic rings. The lowest BCUT2D eigenvalue weighted by Gasteiger charge is -2.29. The fourth-order valence-corrected chi connectivity index (χ4v) is 3.37. The average molecular weight is 205 g/mol. The average Bonchev–Trinajstić information content (AvgIpc) is 2.45. The molecule has 0 radical (unpaired) electrons. The van der Waals surface area contributed by atoms with Crippen molar-refractivity contribution in [3.63, 3.8) is 0 Å².